The summed E-state index contributed by atoms with van der Waals surface area (Å²) in [6, 6.07) is 7.32. The largest absolute Gasteiger partial charge is 0.337 e. The first-order chi connectivity index (χ1) is 12.3. The van der Waals surface area contributed by atoms with Gasteiger partial charge in [-0.15, -0.1) is 0 Å². The number of hydrogen-bond donors (Lipinski definition) is 0. The number of benzene rings is 1. The zero-order valence-electron chi connectivity index (χ0n) is 14.7. The maximum absolute atomic E-state index is 12.8. The molecular weight excluding hydrogens is 328 g/mol. The third-order valence-electron chi connectivity index (χ3n) is 5.24. The van der Waals surface area contributed by atoms with E-state index in [9.17, 15) is 14.9 Å². The Morgan fingerprint density at radius 3 is 2.58 bits per heavy atom. The molecule has 0 atom stereocenters. The van der Waals surface area contributed by atoms with Crippen LogP contribution in [0.3, 0.4) is 0 Å². The number of allylic oxidation sites excluding steroid dienone is 1. The number of aromatic nitrogens is 2. The third-order valence-corrected chi connectivity index (χ3v) is 5.24. The maximum Gasteiger partial charge on any atom is 0.253 e. The number of ketones is 1. The highest BCUT2D eigenvalue weighted by Gasteiger charge is 2.52. The zero-order valence-corrected chi connectivity index (χ0v) is 14.7. The van der Waals surface area contributed by atoms with Gasteiger partial charge in [0, 0.05) is 41.9 Å². The van der Waals surface area contributed by atoms with Crippen LogP contribution in [0.1, 0.15) is 30.6 Å². The minimum absolute atomic E-state index is 0.0650. The van der Waals surface area contributed by atoms with E-state index in [0.29, 0.717) is 30.6 Å². The van der Waals surface area contributed by atoms with Crippen molar-refractivity contribution in [3.05, 3.63) is 47.8 Å². The minimum Gasteiger partial charge on any atom is -0.337 e. The average molecular weight is 346 g/mol. The van der Waals surface area contributed by atoms with E-state index in [2.05, 4.69) is 9.97 Å². The summed E-state index contributed by atoms with van der Waals surface area (Å²) in [6.07, 6.45) is 5.64. The van der Waals surface area contributed by atoms with Crippen LogP contribution in [-0.4, -0.2) is 39.6 Å². The molecule has 2 heterocycles. The number of hydrogen-bond acceptors (Lipinski definition) is 5. The van der Waals surface area contributed by atoms with Crippen molar-refractivity contribution in [2.45, 2.75) is 20.3 Å². The summed E-state index contributed by atoms with van der Waals surface area (Å²) >= 11 is 0. The van der Waals surface area contributed by atoms with Gasteiger partial charge in [0.2, 0.25) is 0 Å². The molecule has 130 valence electrons. The standard InChI is InChI=1S/C20H18N4O2/c1-19(2)10-20(8-14(9-21)17(19)25)11-24(12-20)18(26)13-3-4-15-16(7-13)23-6-5-22-15/h3-8H,10-12H2,1-2H3. The molecule has 4 rings (SSSR count). The number of fused-ring (bicyclic) bond motifs is 1. The lowest BCUT2D eigenvalue weighted by molar-refractivity contribution is -0.127. The number of likely N-dealkylation sites (tertiary alicyclic amines) is 1. The van der Waals surface area contributed by atoms with Crippen LogP contribution in [0.2, 0.25) is 0 Å². The summed E-state index contributed by atoms with van der Waals surface area (Å²) in [5.74, 6) is -0.173. The van der Waals surface area contributed by atoms with Crippen molar-refractivity contribution < 1.29 is 9.59 Å². The van der Waals surface area contributed by atoms with Gasteiger partial charge in [-0.1, -0.05) is 19.9 Å². The lowest BCUT2D eigenvalue weighted by Gasteiger charge is -2.53. The normalized spacial score (nSPS) is 20.4. The molecule has 1 aromatic heterocycles. The molecule has 1 fully saturated rings. The Balaban J connectivity index is 1.57. The van der Waals surface area contributed by atoms with Crippen LogP contribution in [-0.2, 0) is 4.79 Å². The molecule has 1 aromatic carbocycles. The third kappa shape index (κ3) is 2.48. The fourth-order valence-electron chi connectivity index (χ4n) is 4.17. The van der Waals surface area contributed by atoms with Gasteiger partial charge in [-0.2, -0.15) is 5.26 Å². The Kier molecular flexibility index (Phi) is 3.45. The van der Waals surface area contributed by atoms with Gasteiger partial charge in [0.05, 0.1) is 16.6 Å². The van der Waals surface area contributed by atoms with Crippen LogP contribution in [0, 0.1) is 22.2 Å². The van der Waals surface area contributed by atoms with Crippen LogP contribution in [0.15, 0.2) is 42.2 Å². The van der Waals surface area contributed by atoms with E-state index in [1.165, 1.54) is 0 Å². The molecule has 0 saturated carbocycles. The topological polar surface area (TPSA) is 87.0 Å². The second kappa shape index (κ2) is 5.46. The second-order valence-electron chi connectivity index (χ2n) is 7.84. The number of carbonyl (C=O) groups is 2. The van der Waals surface area contributed by atoms with E-state index in [-0.39, 0.29) is 22.7 Å². The number of nitrogens with zero attached hydrogens (tertiary/aromatic N) is 4. The van der Waals surface area contributed by atoms with Gasteiger partial charge in [-0.05, 0) is 24.6 Å². The second-order valence-corrected chi connectivity index (χ2v) is 7.84. The van der Waals surface area contributed by atoms with Crippen LogP contribution < -0.4 is 0 Å². The monoisotopic (exact) mass is 346 g/mol. The molecule has 0 radical (unpaired) electrons. The Morgan fingerprint density at radius 2 is 1.88 bits per heavy atom. The van der Waals surface area contributed by atoms with E-state index in [0.717, 1.165) is 5.52 Å². The molecule has 1 amide bonds. The first-order valence-corrected chi connectivity index (χ1v) is 8.51. The molecule has 6 heteroatoms. The summed E-state index contributed by atoms with van der Waals surface area (Å²) in [4.78, 5) is 35.3. The summed E-state index contributed by atoms with van der Waals surface area (Å²) in [5, 5.41) is 9.27. The first-order valence-electron chi connectivity index (χ1n) is 8.51. The van der Waals surface area contributed by atoms with Crippen molar-refractivity contribution in [1.29, 1.82) is 5.26 Å². The fraction of sp³-hybridized carbons (Fsp3) is 0.350. The molecule has 1 saturated heterocycles. The van der Waals surface area contributed by atoms with Crippen molar-refractivity contribution >= 4 is 22.7 Å². The maximum atomic E-state index is 12.8. The van der Waals surface area contributed by atoms with Gasteiger partial charge in [0.15, 0.2) is 5.78 Å². The van der Waals surface area contributed by atoms with Crippen molar-refractivity contribution in [3.8, 4) is 6.07 Å². The van der Waals surface area contributed by atoms with Crippen molar-refractivity contribution in [2.75, 3.05) is 13.1 Å². The number of carbonyl (C=O) groups excluding carboxylic acids is 2. The van der Waals surface area contributed by atoms with Crippen LogP contribution in [0.4, 0.5) is 0 Å². The van der Waals surface area contributed by atoms with E-state index in [1.807, 2.05) is 19.9 Å². The van der Waals surface area contributed by atoms with E-state index in [1.54, 1.807) is 41.6 Å². The molecule has 1 aliphatic carbocycles. The highest BCUT2D eigenvalue weighted by molar-refractivity contribution is 6.04. The molecule has 2 aliphatic rings. The fourth-order valence-corrected chi connectivity index (χ4v) is 4.17. The number of rotatable bonds is 1. The Morgan fingerprint density at radius 1 is 1.19 bits per heavy atom. The first kappa shape index (κ1) is 16.4. The van der Waals surface area contributed by atoms with Gasteiger partial charge in [0.25, 0.3) is 5.91 Å². The Labute approximate surface area is 151 Å². The summed E-state index contributed by atoms with van der Waals surface area (Å²) < 4.78 is 0. The average Bonchev–Trinajstić information content (AvgIpc) is 2.61. The predicted molar refractivity (Wildman–Crippen MR) is 95.0 cm³/mol. The molecule has 6 nitrogen and oxygen atoms in total. The van der Waals surface area contributed by atoms with Crippen LogP contribution >= 0.6 is 0 Å². The lowest BCUT2D eigenvalue weighted by atomic mass is 9.61. The number of Topliss-reactive ketones (excluding diaryl/α,β-unsaturated/α-hetero) is 1. The molecule has 0 unspecified atom stereocenters. The van der Waals surface area contributed by atoms with Crippen LogP contribution in [0.5, 0.6) is 0 Å². The Bertz CT molecular complexity index is 1010. The predicted octanol–water partition coefficient (Wildman–Crippen LogP) is 2.52. The summed E-state index contributed by atoms with van der Waals surface area (Å²) in [7, 11) is 0. The van der Waals surface area contributed by atoms with Gasteiger partial charge in [0.1, 0.15) is 6.07 Å². The van der Waals surface area contributed by atoms with Gasteiger partial charge < -0.3 is 4.90 Å². The SMILES string of the molecule is CC1(C)CC2(C=C(C#N)C1=O)CN(C(=O)c1ccc3nccnc3c1)C2. The molecule has 0 bridgehead atoms. The smallest absolute Gasteiger partial charge is 0.253 e. The summed E-state index contributed by atoms with van der Waals surface area (Å²) in [6.45, 7) is 4.78. The number of amides is 1. The highest BCUT2D eigenvalue weighted by Crippen LogP contribution is 2.48. The molecule has 0 N–H and O–H groups in total. The van der Waals surface area contributed by atoms with Gasteiger partial charge in [-0.3, -0.25) is 19.6 Å². The quantitative estimate of drug-likeness (QED) is 0.792. The molecule has 2 aromatic rings. The molecule has 1 aliphatic heterocycles. The van der Waals surface area contributed by atoms with E-state index in [4.69, 9.17) is 0 Å². The Hall–Kier alpha value is -3.07. The van der Waals surface area contributed by atoms with Gasteiger partial charge >= 0.3 is 0 Å². The molecular formula is C20H18N4O2. The highest BCUT2D eigenvalue weighted by atomic mass is 16.2. The van der Waals surface area contributed by atoms with E-state index < -0.39 is 5.41 Å². The zero-order chi connectivity index (χ0) is 18.5. The minimum atomic E-state index is -0.576. The van der Waals surface area contributed by atoms with Crippen molar-refractivity contribution in [3.63, 3.8) is 0 Å². The number of nitriles is 1. The summed E-state index contributed by atoms with van der Waals surface area (Å²) in [5.41, 5.74) is 1.36. The molecule has 1 spiro atoms. The van der Waals surface area contributed by atoms with Crippen molar-refractivity contribution in [2.24, 2.45) is 10.8 Å². The molecule has 26 heavy (non-hydrogen) atoms. The van der Waals surface area contributed by atoms with Gasteiger partial charge in [-0.25, -0.2) is 0 Å². The van der Waals surface area contributed by atoms with Crippen LogP contribution in [0.25, 0.3) is 11.0 Å². The van der Waals surface area contributed by atoms with Crippen molar-refractivity contribution in [1.82, 2.24) is 14.9 Å². The lowest BCUT2D eigenvalue weighted by Crippen LogP contribution is -2.60. The van der Waals surface area contributed by atoms with E-state index >= 15 is 0 Å².